The highest BCUT2D eigenvalue weighted by molar-refractivity contribution is 7.89. The highest BCUT2D eigenvalue weighted by Gasteiger charge is 2.11. The van der Waals surface area contributed by atoms with Gasteiger partial charge in [0, 0.05) is 7.05 Å². The first-order valence-electron chi connectivity index (χ1n) is 5.90. The zero-order chi connectivity index (χ0) is 14.9. The summed E-state index contributed by atoms with van der Waals surface area (Å²) in [6.07, 6.45) is 0. The van der Waals surface area contributed by atoms with Crippen molar-refractivity contribution in [3.63, 3.8) is 0 Å². The van der Waals surface area contributed by atoms with Crippen molar-refractivity contribution in [1.82, 2.24) is 14.8 Å². The molecule has 0 unspecified atom stereocenters. The molecule has 7 nitrogen and oxygen atoms in total. The number of ether oxygens (including phenoxy) is 1. The van der Waals surface area contributed by atoms with Crippen molar-refractivity contribution < 1.29 is 13.2 Å². The summed E-state index contributed by atoms with van der Waals surface area (Å²) in [4.78, 5) is 0.0665. The molecule has 0 aliphatic rings. The Labute approximate surface area is 117 Å². The Hall–Kier alpha value is -1.93. The Bertz CT molecular complexity index is 737. The van der Waals surface area contributed by atoms with Crippen molar-refractivity contribution in [3.05, 3.63) is 35.4 Å². The van der Waals surface area contributed by atoms with Crippen LogP contribution in [0.2, 0.25) is 0 Å². The standard InChI is InChI=1S/C12H16N4O3S/c1-8-6-10(20(13,17)18)4-5-11(8)19-7-12-15-14-9(2)16(12)3/h4-6H,7H2,1-3H3,(H2,13,17,18). The first-order valence-corrected chi connectivity index (χ1v) is 7.45. The largest absolute Gasteiger partial charge is 0.485 e. The quantitative estimate of drug-likeness (QED) is 0.893. The highest BCUT2D eigenvalue weighted by atomic mass is 32.2. The molecule has 2 N–H and O–H groups in total. The number of rotatable bonds is 4. The molecular formula is C12H16N4O3S. The van der Waals surface area contributed by atoms with E-state index in [4.69, 9.17) is 9.88 Å². The summed E-state index contributed by atoms with van der Waals surface area (Å²) in [5.74, 6) is 2.07. The van der Waals surface area contributed by atoms with Crippen LogP contribution in [-0.4, -0.2) is 23.2 Å². The second-order valence-corrected chi connectivity index (χ2v) is 6.04. The van der Waals surface area contributed by atoms with Gasteiger partial charge in [0.05, 0.1) is 4.90 Å². The van der Waals surface area contributed by atoms with Crippen molar-refractivity contribution in [2.24, 2.45) is 12.2 Å². The third-order valence-electron chi connectivity index (χ3n) is 3.01. The van der Waals surface area contributed by atoms with E-state index in [9.17, 15) is 8.42 Å². The number of aromatic nitrogens is 3. The summed E-state index contributed by atoms with van der Waals surface area (Å²) in [6.45, 7) is 3.86. The van der Waals surface area contributed by atoms with Gasteiger partial charge in [0.25, 0.3) is 0 Å². The summed E-state index contributed by atoms with van der Waals surface area (Å²) < 4.78 is 29.9. The van der Waals surface area contributed by atoms with Crippen molar-refractivity contribution in [2.75, 3.05) is 0 Å². The fourth-order valence-electron chi connectivity index (χ4n) is 1.68. The minimum atomic E-state index is -3.69. The van der Waals surface area contributed by atoms with E-state index >= 15 is 0 Å². The lowest BCUT2D eigenvalue weighted by Gasteiger charge is -2.09. The Morgan fingerprint density at radius 2 is 2.00 bits per heavy atom. The van der Waals surface area contributed by atoms with E-state index in [1.165, 1.54) is 12.1 Å². The maximum Gasteiger partial charge on any atom is 0.238 e. The normalized spacial score (nSPS) is 11.6. The zero-order valence-electron chi connectivity index (χ0n) is 11.5. The van der Waals surface area contributed by atoms with Gasteiger partial charge in [-0.1, -0.05) is 0 Å². The molecule has 1 aromatic carbocycles. The lowest BCUT2D eigenvalue weighted by atomic mass is 10.2. The van der Waals surface area contributed by atoms with E-state index < -0.39 is 10.0 Å². The Balaban J connectivity index is 2.17. The molecule has 0 aliphatic heterocycles. The summed E-state index contributed by atoms with van der Waals surface area (Å²) in [5, 5.41) is 13.0. The Morgan fingerprint density at radius 3 is 2.50 bits per heavy atom. The molecule has 0 aliphatic carbocycles. The van der Waals surface area contributed by atoms with Gasteiger partial charge in [0.15, 0.2) is 5.82 Å². The fraction of sp³-hybridized carbons (Fsp3) is 0.333. The number of sulfonamides is 1. The summed E-state index contributed by atoms with van der Waals surface area (Å²) in [6, 6.07) is 4.48. The van der Waals surface area contributed by atoms with Gasteiger partial charge in [-0.3, -0.25) is 0 Å². The van der Waals surface area contributed by atoms with E-state index in [1.807, 2.05) is 18.5 Å². The van der Waals surface area contributed by atoms with E-state index in [0.717, 1.165) is 5.82 Å². The second-order valence-electron chi connectivity index (χ2n) is 4.48. The number of benzene rings is 1. The van der Waals surface area contributed by atoms with Gasteiger partial charge in [-0.15, -0.1) is 10.2 Å². The van der Waals surface area contributed by atoms with Crippen LogP contribution in [0.25, 0.3) is 0 Å². The molecule has 0 fully saturated rings. The van der Waals surface area contributed by atoms with Crippen LogP contribution in [-0.2, 0) is 23.7 Å². The molecule has 0 spiro atoms. The molecule has 1 aromatic heterocycles. The van der Waals surface area contributed by atoms with Gasteiger partial charge in [0.1, 0.15) is 18.2 Å². The van der Waals surface area contributed by atoms with Crippen molar-refractivity contribution in [1.29, 1.82) is 0 Å². The molecule has 2 rings (SSSR count). The molecule has 1 heterocycles. The van der Waals surface area contributed by atoms with Gasteiger partial charge in [0.2, 0.25) is 10.0 Å². The fourth-order valence-corrected chi connectivity index (χ4v) is 2.28. The molecule has 0 bridgehead atoms. The van der Waals surface area contributed by atoms with Crippen molar-refractivity contribution >= 4 is 10.0 Å². The maximum atomic E-state index is 11.2. The molecule has 0 saturated heterocycles. The molecule has 0 atom stereocenters. The van der Waals surface area contributed by atoms with Crippen LogP contribution in [0, 0.1) is 13.8 Å². The maximum absolute atomic E-state index is 11.2. The van der Waals surface area contributed by atoms with Gasteiger partial charge < -0.3 is 9.30 Å². The minimum Gasteiger partial charge on any atom is -0.485 e. The number of hydrogen-bond acceptors (Lipinski definition) is 5. The summed E-state index contributed by atoms with van der Waals surface area (Å²) in [5.41, 5.74) is 0.690. The third-order valence-corrected chi connectivity index (χ3v) is 3.93. The number of hydrogen-bond donors (Lipinski definition) is 1. The molecule has 0 radical (unpaired) electrons. The third kappa shape index (κ3) is 2.97. The van der Waals surface area contributed by atoms with Gasteiger partial charge in [-0.2, -0.15) is 0 Å². The average molecular weight is 296 g/mol. The minimum absolute atomic E-state index is 0.0665. The Morgan fingerprint density at radius 1 is 1.30 bits per heavy atom. The number of primary sulfonamides is 1. The topological polar surface area (TPSA) is 100 Å². The Kier molecular flexibility index (Phi) is 3.78. The molecule has 8 heteroatoms. The molecular weight excluding hydrogens is 280 g/mol. The van der Waals surface area contributed by atoms with E-state index in [1.54, 1.807) is 13.0 Å². The number of aryl methyl sites for hydroxylation is 2. The molecule has 2 aromatic rings. The van der Waals surface area contributed by atoms with Gasteiger partial charge in [-0.25, -0.2) is 13.6 Å². The van der Waals surface area contributed by atoms with Gasteiger partial charge >= 0.3 is 0 Å². The first-order chi connectivity index (χ1) is 9.29. The van der Waals surface area contributed by atoms with Gasteiger partial charge in [-0.05, 0) is 37.6 Å². The first kappa shape index (κ1) is 14.5. The van der Waals surface area contributed by atoms with Crippen LogP contribution in [0.1, 0.15) is 17.2 Å². The highest BCUT2D eigenvalue weighted by Crippen LogP contribution is 2.21. The lowest BCUT2D eigenvalue weighted by Crippen LogP contribution is -2.12. The van der Waals surface area contributed by atoms with Crippen LogP contribution in [0.5, 0.6) is 5.75 Å². The zero-order valence-corrected chi connectivity index (χ0v) is 12.3. The van der Waals surface area contributed by atoms with Crippen LogP contribution < -0.4 is 9.88 Å². The smallest absolute Gasteiger partial charge is 0.238 e. The van der Waals surface area contributed by atoms with Crippen molar-refractivity contribution in [2.45, 2.75) is 25.3 Å². The summed E-state index contributed by atoms with van der Waals surface area (Å²) >= 11 is 0. The molecule has 0 saturated carbocycles. The number of nitrogens with zero attached hydrogens (tertiary/aromatic N) is 3. The van der Waals surface area contributed by atoms with E-state index in [2.05, 4.69) is 10.2 Å². The molecule has 108 valence electrons. The SMILES string of the molecule is Cc1cc(S(N)(=O)=O)ccc1OCc1nnc(C)n1C. The molecule has 0 amide bonds. The van der Waals surface area contributed by atoms with Crippen LogP contribution in [0.3, 0.4) is 0 Å². The van der Waals surface area contributed by atoms with Crippen LogP contribution >= 0.6 is 0 Å². The van der Waals surface area contributed by atoms with E-state index in [-0.39, 0.29) is 11.5 Å². The summed E-state index contributed by atoms with van der Waals surface area (Å²) in [7, 11) is -1.84. The lowest BCUT2D eigenvalue weighted by molar-refractivity contribution is 0.289. The predicted molar refractivity (Wildman–Crippen MR) is 72.6 cm³/mol. The van der Waals surface area contributed by atoms with Crippen LogP contribution in [0.15, 0.2) is 23.1 Å². The second kappa shape index (κ2) is 5.22. The predicted octanol–water partition coefficient (Wildman–Crippen LogP) is 0.658. The average Bonchev–Trinajstić information content (AvgIpc) is 2.67. The number of nitrogens with two attached hydrogens (primary N) is 1. The monoisotopic (exact) mass is 296 g/mol. The van der Waals surface area contributed by atoms with Crippen LogP contribution in [0.4, 0.5) is 0 Å². The van der Waals surface area contributed by atoms with E-state index in [0.29, 0.717) is 17.1 Å². The molecule has 20 heavy (non-hydrogen) atoms. The van der Waals surface area contributed by atoms with Crippen molar-refractivity contribution in [3.8, 4) is 5.75 Å².